The Morgan fingerprint density at radius 2 is 2.00 bits per heavy atom. The molecule has 2 rings (SSSR count). The normalized spacial score (nSPS) is 10.8. The molecule has 0 saturated heterocycles. The first-order chi connectivity index (χ1) is 12.5. The summed E-state index contributed by atoms with van der Waals surface area (Å²) in [6.45, 7) is -3.26. The second-order valence-corrected chi connectivity index (χ2v) is 4.99. The molecule has 0 radical (unpaired) electrons. The molecule has 1 aromatic heterocycles. The molecule has 2 aromatic rings. The molecule has 10 heteroatoms. The third-order valence-corrected chi connectivity index (χ3v) is 3.21. The zero-order valence-electron chi connectivity index (χ0n) is 14.1. The second-order valence-electron chi connectivity index (χ2n) is 4.99. The van der Waals surface area contributed by atoms with Gasteiger partial charge in [0.1, 0.15) is 12.4 Å². The summed E-state index contributed by atoms with van der Waals surface area (Å²) >= 11 is 0. The van der Waals surface area contributed by atoms with E-state index in [1.54, 1.807) is 6.07 Å². The highest BCUT2D eigenvalue weighted by molar-refractivity contribution is 5.92. The molecule has 0 aliphatic heterocycles. The lowest BCUT2D eigenvalue weighted by Crippen LogP contribution is -2.34. The fourth-order valence-corrected chi connectivity index (χ4v) is 2.13. The number of rotatable bonds is 8. The first-order valence-electron chi connectivity index (χ1n) is 7.41. The molecular weight excluding hydrogens is 352 g/mol. The summed E-state index contributed by atoms with van der Waals surface area (Å²) in [6.07, 6.45) is 1.30. The van der Waals surface area contributed by atoms with Gasteiger partial charge in [-0.05, 0) is 12.1 Å². The first kappa shape index (κ1) is 19.5. The Bertz CT molecular complexity index is 826. The molecule has 1 N–H and O–H groups in total. The van der Waals surface area contributed by atoms with Crippen molar-refractivity contribution in [2.24, 2.45) is 0 Å². The number of alkyl halides is 2. The van der Waals surface area contributed by atoms with Gasteiger partial charge in [0.05, 0.1) is 6.61 Å². The second kappa shape index (κ2) is 9.02. The van der Waals surface area contributed by atoms with Gasteiger partial charge in [-0.2, -0.15) is 13.9 Å². The van der Waals surface area contributed by atoms with Crippen LogP contribution in [0.2, 0.25) is 0 Å². The lowest BCUT2D eigenvalue weighted by molar-refractivity contribution is -0.0499. The zero-order chi connectivity index (χ0) is 19.1. The van der Waals surface area contributed by atoms with Crippen molar-refractivity contribution in [2.75, 3.05) is 21.0 Å². The van der Waals surface area contributed by atoms with Crippen LogP contribution in [0, 0.1) is 0 Å². The number of hydrogen-bond donors (Lipinski definition) is 1. The third kappa shape index (κ3) is 4.61. The van der Waals surface area contributed by atoms with E-state index in [0.29, 0.717) is 0 Å². The standard InChI is InChI=1S/C16H17F2N3O5/c1-24-8-10-7-21(11-5-3-4-6-12(11)26-16(17)18)20-13(14(10)22)15(23)19-9-25-2/h3-7,16H,8-9H2,1-2H3,(H,19,23). The van der Waals surface area contributed by atoms with E-state index in [-0.39, 0.29) is 30.3 Å². The summed E-state index contributed by atoms with van der Waals surface area (Å²) < 4.78 is 40.5. The van der Waals surface area contributed by atoms with Gasteiger partial charge in [0.15, 0.2) is 11.4 Å². The van der Waals surface area contributed by atoms with Crippen molar-refractivity contribution in [3.8, 4) is 11.4 Å². The van der Waals surface area contributed by atoms with Gasteiger partial charge in [-0.15, -0.1) is 0 Å². The largest absolute Gasteiger partial charge is 0.433 e. The highest BCUT2D eigenvalue weighted by atomic mass is 19.3. The molecule has 0 atom stereocenters. The van der Waals surface area contributed by atoms with Crippen LogP contribution in [-0.2, 0) is 16.1 Å². The van der Waals surface area contributed by atoms with Gasteiger partial charge in [-0.3, -0.25) is 9.59 Å². The maximum atomic E-state index is 12.6. The summed E-state index contributed by atoms with van der Waals surface area (Å²) in [6, 6.07) is 5.87. The predicted octanol–water partition coefficient (Wildman–Crippen LogP) is 1.31. The van der Waals surface area contributed by atoms with E-state index in [4.69, 9.17) is 9.47 Å². The molecule has 0 fully saturated rings. The summed E-state index contributed by atoms with van der Waals surface area (Å²) in [5.41, 5.74) is -0.810. The molecule has 1 aromatic carbocycles. The molecule has 26 heavy (non-hydrogen) atoms. The monoisotopic (exact) mass is 369 g/mol. The van der Waals surface area contributed by atoms with Gasteiger partial charge in [-0.1, -0.05) is 12.1 Å². The fraction of sp³-hybridized carbons (Fsp3) is 0.312. The number of carbonyl (C=O) groups is 1. The number of ether oxygens (including phenoxy) is 3. The van der Waals surface area contributed by atoms with Crippen LogP contribution < -0.4 is 15.5 Å². The molecular formula is C16H17F2N3O5. The quantitative estimate of drug-likeness (QED) is 0.706. The van der Waals surface area contributed by atoms with Crippen molar-refractivity contribution in [3.63, 3.8) is 0 Å². The lowest BCUT2D eigenvalue weighted by atomic mass is 10.2. The van der Waals surface area contributed by atoms with E-state index in [9.17, 15) is 18.4 Å². The highest BCUT2D eigenvalue weighted by Crippen LogP contribution is 2.23. The molecule has 0 spiro atoms. The number of aromatic nitrogens is 2. The van der Waals surface area contributed by atoms with Crippen molar-refractivity contribution < 1.29 is 27.8 Å². The number of carbonyl (C=O) groups excluding carboxylic acids is 1. The van der Waals surface area contributed by atoms with E-state index >= 15 is 0 Å². The molecule has 0 unspecified atom stereocenters. The van der Waals surface area contributed by atoms with E-state index in [1.807, 2.05) is 0 Å². The van der Waals surface area contributed by atoms with Crippen molar-refractivity contribution in [3.05, 3.63) is 51.9 Å². The average molecular weight is 369 g/mol. The van der Waals surface area contributed by atoms with Crippen LogP contribution in [0.25, 0.3) is 5.69 Å². The zero-order valence-corrected chi connectivity index (χ0v) is 14.1. The number of halogens is 2. The van der Waals surface area contributed by atoms with Crippen LogP contribution in [0.3, 0.4) is 0 Å². The van der Waals surface area contributed by atoms with Crippen molar-refractivity contribution in [2.45, 2.75) is 13.2 Å². The SMILES string of the molecule is COCNC(=O)c1nn(-c2ccccc2OC(F)F)cc(COC)c1=O. The highest BCUT2D eigenvalue weighted by Gasteiger charge is 2.19. The predicted molar refractivity (Wildman–Crippen MR) is 86.5 cm³/mol. The van der Waals surface area contributed by atoms with E-state index < -0.39 is 23.6 Å². The van der Waals surface area contributed by atoms with Crippen molar-refractivity contribution >= 4 is 5.91 Å². The van der Waals surface area contributed by atoms with Gasteiger partial charge in [-0.25, -0.2) is 4.68 Å². The van der Waals surface area contributed by atoms with Crippen LogP contribution in [0.5, 0.6) is 5.75 Å². The Morgan fingerprint density at radius 1 is 1.27 bits per heavy atom. The minimum atomic E-state index is -3.04. The number of hydrogen-bond acceptors (Lipinski definition) is 6. The molecule has 0 aliphatic carbocycles. The van der Waals surface area contributed by atoms with Crippen LogP contribution >= 0.6 is 0 Å². The minimum absolute atomic E-state index is 0.0935. The first-order valence-corrected chi connectivity index (χ1v) is 7.41. The topological polar surface area (TPSA) is 91.7 Å². The van der Waals surface area contributed by atoms with Crippen LogP contribution in [-0.4, -0.2) is 43.2 Å². The average Bonchev–Trinajstić information content (AvgIpc) is 2.61. The van der Waals surface area contributed by atoms with E-state index in [0.717, 1.165) is 4.68 Å². The Kier molecular flexibility index (Phi) is 6.75. The fourth-order valence-electron chi connectivity index (χ4n) is 2.13. The van der Waals surface area contributed by atoms with Crippen molar-refractivity contribution in [1.82, 2.24) is 15.1 Å². The molecule has 8 nitrogen and oxygen atoms in total. The molecule has 1 amide bonds. The van der Waals surface area contributed by atoms with E-state index in [2.05, 4.69) is 15.2 Å². The maximum absolute atomic E-state index is 12.6. The summed E-state index contributed by atoms with van der Waals surface area (Å²) in [5, 5.41) is 6.32. The van der Waals surface area contributed by atoms with Crippen LogP contribution in [0.1, 0.15) is 16.1 Å². The summed E-state index contributed by atoms with van der Waals surface area (Å²) in [5.74, 6) is -0.930. The van der Waals surface area contributed by atoms with E-state index in [1.165, 1.54) is 38.6 Å². The summed E-state index contributed by atoms with van der Waals surface area (Å²) in [4.78, 5) is 24.6. The number of para-hydroxylation sites is 2. The van der Waals surface area contributed by atoms with Gasteiger partial charge in [0, 0.05) is 26.0 Å². The van der Waals surface area contributed by atoms with Gasteiger partial charge in [0.2, 0.25) is 5.43 Å². The van der Waals surface area contributed by atoms with Gasteiger partial charge < -0.3 is 19.5 Å². The number of benzene rings is 1. The molecule has 1 heterocycles. The summed E-state index contributed by atoms with van der Waals surface area (Å²) in [7, 11) is 2.74. The van der Waals surface area contributed by atoms with Gasteiger partial charge in [0.25, 0.3) is 5.91 Å². The lowest BCUT2D eigenvalue weighted by Gasteiger charge is -2.14. The maximum Gasteiger partial charge on any atom is 0.387 e. The third-order valence-electron chi connectivity index (χ3n) is 3.21. The Morgan fingerprint density at radius 3 is 2.65 bits per heavy atom. The minimum Gasteiger partial charge on any atom is -0.433 e. The number of nitrogens with zero attached hydrogens (tertiary/aromatic N) is 2. The van der Waals surface area contributed by atoms with Crippen molar-refractivity contribution in [1.29, 1.82) is 0 Å². The number of methoxy groups -OCH3 is 2. The molecule has 0 saturated carbocycles. The molecule has 0 aliphatic rings. The molecule has 0 bridgehead atoms. The van der Waals surface area contributed by atoms with Crippen LogP contribution in [0.4, 0.5) is 8.78 Å². The Hall–Kier alpha value is -2.85. The molecule has 140 valence electrons. The Balaban J connectivity index is 2.57. The Labute approximate surface area is 147 Å². The number of amides is 1. The van der Waals surface area contributed by atoms with Crippen LogP contribution in [0.15, 0.2) is 35.3 Å². The number of nitrogens with one attached hydrogen (secondary N) is 1. The smallest absolute Gasteiger partial charge is 0.387 e. The van der Waals surface area contributed by atoms with Gasteiger partial charge >= 0.3 is 6.61 Å².